The average molecular weight is 490 g/mol. The predicted octanol–water partition coefficient (Wildman–Crippen LogP) is 6.60. The maximum absolute atomic E-state index is 10.1. The van der Waals surface area contributed by atoms with Crippen LogP contribution in [0.4, 0.5) is 5.95 Å². The molecular weight excluding hydrogens is 446 g/mol. The number of anilines is 1. The third-order valence-electron chi connectivity index (χ3n) is 8.19. The molecule has 1 unspecified atom stereocenters. The molecule has 2 fully saturated rings. The number of aromatic nitrogens is 3. The fourth-order valence-electron chi connectivity index (χ4n) is 6.04. The van der Waals surface area contributed by atoms with Crippen molar-refractivity contribution in [1.82, 2.24) is 19.9 Å². The summed E-state index contributed by atoms with van der Waals surface area (Å²) in [6.07, 6.45) is 16.7. The van der Waals surface area contributed by atoms with E-state index < -0.39 is 0 Å². The predicted molar refractivity (Wildman–Crippen MR) is 148 cm³/mol. The summed E-state index contributed by atoms with van der Waals surface area (Å²) < 4.78 is 2.35. The van der Waals surface area contributed by atoms with Gasteiger partial charge in [0.1, 0.15) is 5.65 Å². The fourth-order valence-corrected chi connectivity index (χ4v) is 6.04. The number of hydrogen-bond donors (Lipinski definition) is 3. The van der Waals surface area contributed by atoms with Crippen LogP contribution in [-0.4, -0.2) is 37.8 Å². The van der Waals surface area contributed by atoms with E-state index in [-0.39, 0.29) is 6.10 Å². The van der Waals surface area contributed by atoms with Crippen LogP contribution >= 0.6 is 0 Å². The van der Waals surface area contributed by atoms with Gasteiger partial charge in [0.15, 0.2) is 0 Å². The number of nitrogens with zero attached hydrogens (tertiary/aromatic N) is 3. The number of aliphatic hydroxyl groups excluding tert-OH is 1. The zero-order chi connectivity index (χ0) is 24.9. The van der Waals surface area contributed by atoms with Gasteiger partial charge in [-0.05, 0) is 63.0 Å². The van der Waals surface area contributed by atoms with E-state index in [9.17, 15) is 5.11 Å². The minimum Gasteiger partial charge on any atom is -0.393 e. The van der Waals surface area contributed by atoms with Crippen LogP contribution in [0.25, 0.3) is 22.2 Å². The average Bonchev–Trinajstić information content (AvgIpc) is 3.28. The van der Waals surface area contributed by atoms with E-state index in [1.807, 2.05) is 6.20 Å². The molecule has 6 heteroatoms. The molecule has 36 heavy (non-hydrogen) atoms. The molecule has 0 saturated heterocycles. The lowest BCUT2D eigenvalue weighted by Gasteiger charge is -2.27. The number of fused-ring (bicyclic) bond motifs is 1. The second kappa shape index (κ2) is 11.7. The van der Waals surface area contributed by atoms with Crippen LogP contribution < -0.4 is 10.6 Å². The number of benzene rings is 1. The maximum Gasteiger partial charge on any atom is 0.224 e. The standard InChI is InChI=1S/C30H43N5O/c1-3-7-21(2)33-30-32-19-27-28(20-35(29(27)34-30)25-14-16-26(36)17-15-25)23-12-10-22(11-13-23)18-31-24-8-5-4-6-9-24/h10-13,19-21,24-26,31,36H,3-9,14-18H2,1-2H3,(H,32,33,34)/t21?,25-,26-. The van der Waals surface area contributed by atoms with Crippen molar-refractivity contribution in [1.29, 1.82) is 0 Å². The Morgan fingerprint density at radius 3 is 2.50 bits per heavy atom. The van der Waals surface area contributed by atoms with Gasteiger partial charge in [0.25, 0.3) is 0 Å². The van der Waals surface area contributed by atoms with Gasteiger partial charge in [-0.25, -0.2) is 4.98 Å². The molecule has 5 rings (SSSR count). The quantitative estimate of drug-likeness (QED) is 0.316. The van der Waals surface area contributed by atoms with Crippen LogP contribution in [0.15, 0.2) is 36.7 Å². The van der Waals surface area contributed by atoms with Crippen molar-refractivity contribution < 1.29 is 5.11 Å². The van der Waals surface area contributed by atoms with Gasteiger partial charge < -0.3 is 20.3 Å². The molecule has 0 bridgehead atoms. The van der Waals surface area contributed by atoms with E-state index in [0.717, 1.165) is 56.1 Å². The minimum absolute atomic E-state index is 0.168. The maximum atomic E-state index is 10.1. The van der Waals surface area contributed by atoms with Crippen LogP contribution in [0.2, 0.25) is 0 Å². The Labute approximate surface area is 215 Å². The molecule has 2 heterocycles. The first kappa shape index (κ1) is 25.2. The zero-order valence-electron chi connectivity index (χ0n) is 22.0. The van der Waals surface area contributed by atoms with Gasteiger partial charge in [-0.1, -0.05) is 56.9 Å². The molecule has 2 aromatic heterocycles. The zero-order valence-corrected chi connectivity index (χ0v) is 22.0. The van der Waals surface area contributed by atoms with Gasteiger partial charge in [0.2, 0.25) is 5.95 Å². The monoisotopic (exact) mass is 489 g/mol. The molecular formula is C30H43N5O. The molecule has 2 saturated carbocycles. The van der Waals surface area contributed by atoms with Gasteiger partial charge in [0, 0.05) is 48.0 Å². The van der Waals surface area contributed by atoms with Gasteiger partial charge in [-0.2, -0.15) is 4.98 Å². The van der Waals surface area contributed by atoms with Crippen LogP contribution in [0.5, 0.6) is 0 Å². The van der Waals surface area contributed by atoms with Crippen molar-refractivity contribution in [3.8, 4) is 11.1 Å². The van der Waals surface area contributed by atoms with Crippen LogP contribution in [-0.2, 0) is 6.54 Å². The van der Waals surface area contributed by atoms with Gasteiger partial charge in [-0.3, -0.25) is 0 Å². The minimum atomic E-state index is -0.168. The van der Waals surface area contributed by atoms with Crippen molar-refractivity contribution in [2.75, 3.05) is 5.32 Å². The number of nitrogens with one attached hydrogen (secondary N) is 2. The summed E-state index contributed by atoms with van der Waals surface area (Å²) in [7, 11) is 0. The molecule has 0 radical (unpaired) electrons. The van der Waals surface area contributed by atoms with Crippen LogP contribution in [0.3, 0.4) is 0 Å². The molecule has 0 spiro atoms. The van der Waals surface area contributed by atoms with Crippen LogP contribution in [0.1, 0.15) is 96.1 Å². The Bertz CT molecular complexity index is 1110. The lowest BCUT2D eigenvalue weighted by Crippen LogP contribution is -2.30. The Kier molecular flexibility index (Phi) is 8.22. The normalized spacial score (nSPS) is 22.1. The highest BCUT2D eigenvalue weighted by Gasteiger charge is 2.24. The first-order chi connectivity index (χ1) is 17.6. The molecule has 0 amide bonds. The smallest absolute Gasteiger partial charge is 0.224 e. The summed E-state index contributed by atoms with van der Waals surface area (Å²) in [6.45, 7) is 5.33. The molecule has 1 atom stereocenters. The van der Waals surface area contributed by atoms with Gasteiger partial charge in [0.05, 0.1) is 6.10 Å². The molecule has 2 aliphatic carbocycles. The Morgan fingerprint density at radius 1 is 1.03 bits per heavy atom. The Balaban J connectivity index is 1.40. The molecule has 194 valence electrons. The molecule has 2 aliphatic rings. The van der Waals surface area contributed by atoms with Crippen LogP contribution in [0, 0.1) is 0 Å². The van der Waals surface area contributed by atoms with E-state index in [0.29, 0.717) is 24.1 Å². The molecule has 0 aliphatic heterocycles. The topological polar surface area (TPSA) is 75.0 Å². The third-order valence-corrected chi connectivity index (χ3v) is 8.19. The largest absolute Gasteiger partial charge is 0.393 e. The lowest BCUT2D eigenvalue weighted by molar-refractivity contribution is 0.111. The number of hydrogen-bond acceptors (Lipinski definition) is 5. The Morgan fingerprint density at radius 2 is 1.78 bits per heavy atom. The highest BCUT2D eigenvalue weighted by Crippen LogP contribution is 2.37. The van der Waals surface area contributed by atoms with Crippen molar-refractivity contribution in [3.05, 3.63) is 42.2 Å². The molecule has 3 N–H and O–H groups in total. The lowest BCUT2D eigenvalue weighted by atomic mass is 9.93. The van der Waals surface area contributed by atoms with Crippen molar-refractivity contribution >= 4 is 17.0 Å². The summed E-state index contributed by atoms with van der Waals surface area (Å²) in [5.41, 5.74) is 4.73. The highest BCUT2D eigenvalue weighted by molar-refractivity contribution is 5.94. The second-order valence-electron chi connectivity index (χ2n) is 11.1. The van der Waals surface area contributed by atoms with E-state index in [1.54, 1.807) is 0 Å². The Hall–Kier alpha value is -2.44. The van der Waals surface area contributed by atoms with E-state index >= 15 is 0 Å². The fraction of sp³-hybridized carbons (Fsp3) is 0.600. The third kappa shape index (κ3) is 5.92. The molecule has 1 aromatic carbocycles. The molecule has 6 nitrogen and oxygen atoms in total. The van der Waals surface area contributed by atoms with Crippen molar-refractivity contribution in [2.45, 2.75) is 115 Å². The van der Waals surface area contributed by atoms with Gasteiger partial charge in [-0.15, -0.1) is 0 Å². The SMILES string of the molecule is CCCC(C)Nc1ncc2c(-c3ccc(CNC4CCCCC4)cc3)cn([C@H]3CC[C@H](O)CC3)c2n1. The van der Waals surface area contributed by atoms with E-state index in [1.165, 1.54) is 48.8 Å². The number of aliphatic hydroxyl groups is 1. The van der Waals surface area contributed by atoms with Gasteiger partial charge >= 0.3 is 0 Å². The van der Waals surface area contributed by atoms with E-state index in [2.05, 4.69) is 59.5 Å². The highest BCUT2D eigenvalue weighted by atomic mass is 16.3. The summed E-state index contributed by atoms with van der Waals surface area (Å²) in [6, 6.07) is 10.4. The molecule has 3 aromatic rings. The number of rotatable bonds is 9. The summed E-state index contributed by atoms with van der Waals surface area (Å²) in [5, 5.41) is 18.4. The summed E-state index contributed by atoms with van der Waals surface area (Å²) in [5.74, 6) is 0.703. The van der Waals surface area contributed by atoms with Crippen molar-refractivity contribution in [2.24, 2.45) is 0 Å². The second-order valence-corrected chi connectivity index (χ2v) is 11.1. The summed E-state index contributed by atoms with van der Waals surface area (Å²) >= 11 is 0. The summed E-state index contributed by atoms with van der Waals surface area (Å²) in [4.78, 5) is 9.70. The first-order valence-electron chi connectivity index (χ1n) is 14.3. The first-order valence-corrected chi connectivity index (χ1v) is 14.3. The van der Waals surface area contributed by atoms with E-state index in [4.69, 9.17) is 9.97 Å². The van der Waals surface area contributed by atoms with Crippen molar-refractivity contribution in [3.63, 3.8) is 0 Å².